The van der Waals surface area contributed by atoms with E-state index in [1.165, 1.54) is 29.4 Å². The fourth-order valence-electron chi connectivity index (χ4n) is 1.66. The van der Waals surface area contributed by atoms with Crippen molar-refractivity contribution in [3.8, 4) is 0 Å². The molecule has 2 N–H and O–H groups in total. The molecule has 6 nitrogen and oxygen atoms in total. The summed E-state index contributed by atoms with van der Waals surface area (Å²) >= 11 is 2.85. The third-order valence-corrected chi connectivity index (χ3v) is 4.73. The van der Waals surface area contributed by atoms with Gasteiger partial charge in [0, 0.05) is 5.54 Å². The van der Waals surface area contributed by atoms with Crippen LogP contribution >= 0.6 is 23.1 Å². The standard InChI is InChI=1S/C14H18N4O2S2/c1-8(11(19)17-13(20)18-14(2,3)4)22-12-10-9(5-6-21-10)15-7-16-12/h5-8H,1-4H3,(H2,17,18,19,20). The van der Waals surface area contributed by atoms with Crippen molar-refractivity contribution in [2.45, 2.75) is 43.5 Å². The number of thioether (sulfide) groups is 1. The maximum Gasteiger partial charge on any atom is 0.321 e. The Morgan fingerprint density at radius 1 is 1.32 bits per heavy atom. The van der Waals surface area contributed by atoms with Crippen molar-refractivity contribution < 1.29 is 9.59 Å². The van der Waals surface area contributed by atoms with E-state index in [0.29, 0.717) is 0 Å². The average Bonchev–Trinajstić information content (AvgIpc) is 2.85. The molecule has 2 aromatic heterocycles. The summed E-state index contributed by atoms with van der Waals surface area (Å²) in [6.45, 7) is 7.29. The number of urea groups is 1. The minimum absolute atomic E-state index is 0.352. The number of aromatic nitrogens is 2. The Kier molecular flexibility index (Phi) is 5.02. The minimum atomic E-state index is -0.492. The van der Waals surface area contributed by atoms with Gasteiger partial charge in [0.05, 0.1) is 15.5 Å². The number of carbonyl (C=O) groups is 2. The summed E-state index contributed by atoms with van der Waals surface area (Å²) in [5, 5.41) is 7.28. The molecule has 0 saturated carbocycles. The quantitative estimate of drug-likeness (QED) is 0.664. The van der Waals surface area contributed by atoms with Gasteiger partial charge in [-0.25, -0.2) is 14.8 Å². The highest BCUT2D eigenvalue weighted by Crippen LogP contribution is 2.31. The Morgan fingerprint density at radius 3 is 2.73 bits per heavy atom. The maximum atomic E-state index is 12.1. The molecule has 1 unspecified atom stereocenters. The molecule has 3 amide bonds. The van der Waals surface area contributed by atoms with E-state index in [-0.39, 0.29) is 5.91 Å². The van der Waals surface area contributed by atoms with Gasteiger partial charge in [-0.2, -0.15) is 0 Å². The molecule has 2 heterocycles. The summed E-state index contributed by atoms with van der Waals surface area (Å²) < 4.78 is 0.950. The average molecular weight is 338 g/mol. The van der Waals surface area contributed by atoms with Crippen LogP contribution in [0.1, 0.15) is 27.7 Å². The number of rotatable bonds is 3. The van der Waals surface area contributed by atoms with E-state index >= 15 is 0 Å². The SMILES string of the molecule is CC(Sc1ncnc2ccsc12)C(=O)NC(=O)NC(C)(C)C. The Labute approximate surface area is 137 Å². The number of nitrogens with one attached hydrogen (secondary N) is 2. The summed E-state index contributed by atoms with van der Waals surface area (Å²) in [4.78, 5) is 32.2. The van der Waals surface area contributed by atoms with Gasteiger partial charge in [-0.1, -0.05) is 11.8 Å². The Hall–Kier alpha value is -1.67. The van der Waals surface area contributed by atoms with Crippen molar-refractivity contribution in [1.82, 2.24) is 20.6 Å². The lowest BCUT2D eigenvalue weighted by Gasteiger charge is -2.21. The van der Waals surface area contributed by atoms with Gasteiger partial charge < -0.3 is 5.32 Å². The van der Waals surface area contributed by atoms with Crippen LogP contribution in [0, 0.1) is 0 Å². The molecule has 0 aliphatic rings. The van der Waals surface area contributed by atoms with Crippen LogP contribution in [-0.2, 0) is 4.79 Å². The second-order valence-electron chi connectivity index (χ2n) is 5.77. The molecule has 118 valence electrons. The third-order valence-electron chi connectivity index (χ3n) is 2.59. The van der Waals surface area contributed by atoms with Crippen LogP contribution in [0.2, 0.25) is 0 Å². The monoisotopic (exact) mass is 338 g/mol. The van der Waals surface area contributed by atoms with Crippen molar-refractivity contribution in [2.75, 3.05) is 0 Å². The van der Waals surface area contributed by atoms with Crippen molar-refractivity contribution in [1.29, 1.82) is 0 Å². The maximum absolute atomic E-state index is 12.1. The highest BCUT2D eigenvalue weighted by atomic mass is 32.2. The summed E-state index contributed by atoms with van der Waals surface area (Å²) in [6, 6.07) is 1.42. The topological polar surface area (TPSA) is 84.0 Å². The second kappa shape index (κ2) is 6.62. The van der Waals surface area contributed by atoms with E-state index in [0.717, 1.165) is 15.2 Å². The van der Waals surface area contributed by atoms with E-state index in [1.807, 2.05) is 32.2 Å². The van der Waals surface area contributed by atoms with E-state index < -0.39 is 16.8 Å². The van der Waals surface area contributed by atoms with E-state index in [2.05, 4.69) is 20.6 Å². The molecule has 0 aromatic carbocycles. The number of amides is 3. The lowest BCUT2D eigenvalue weighted by Crippen LogP contribution is -2.49. The number of carbonyl (C=O) groups excluding carboxylic acids is 2. The fraction of sp³-hybridized carbons (Fsp3) is 0.429. The molecular formula is C14H18N4O2S2. The molecule has 2 aromatic rings. The van der Waals surface area contributed by atoms with Gasteiger partial charge in [0.15, 0.2) is 0 Å². The Balaban J connectivity index is 2.00. The molecule has 0 bridgehead atoms. The first-order chi connectivity index (χ1) is 10.3. The number of hydrogen-bond acceptors (Lipinski definition) is 6. The number of nitrogens with zero attached hydrogens (tertiary/aromatic N) is 2. The minimum Gasteiger partial charge on any atom is -0.333 e. The van der Waals surface area contributed by atoms with Crippen LogP contribution in [0.25, 0.3) is 10.2 Å². The van der Waals surface area contributed by atoms with Crippen LogP contribution in [0.5, 0.6) is 0 Å². The molecule has 8 heteroatoms. The molecule has 0 spiro atoms. The third kappa shape index (κ3) is 4.41. The van der Waals surface area contributed by atoms with E-state index in [1.54, 1.807) is 6.92 Å². The number of thiophene rings is 1. The zero-order chi connectivity index (χ0) is 16.3. The van der Waals surface area contributed by atoms with Crippen molar-refractivity contribution in [2.24, 2.45) is 0 Å². The molecule has 0 radical (unpaired) electrons. The molecule has 0 aliphatic heterocycles. The summed E-state index contributed by atoms with van der Waals surface area (Å²) in [7, 11) is 0. The zero-order valence-electron chi connectivity index (χ0n) is 12.8. The van der Waals surface area contributed by atoms with E-state index in [4.69, 9.17) is 0 Å². The van der Waals surface area contributed by atoms with Gasteiger partial charge >= 0.3 is 6.03 Å². The van der Waals surface area contributed by atoms with Crippen LogP contribution in [0.4, 0.5) is 4.79 Å². The van der Waals surface area contributed by atoms with Crippen LogP contribution in [0.15, 0.2) is 22.8 Å². The molecular weight excluding hydrogens is 320 g/mol. The Bertz CT molecular complexity index is 693. The van der Waals surface area contributed by atoms with Gasteiger partial charge in [0.1, 0.15) is 11.4 Å². The van der Waals surface area contributed by atoms with Gasteiger partial charge in [-0.05, 0) is 39.1 Å². The highest BCUT2D eigenvalue weighted by Gasteiger charge is 2.21. The zero-order valence-corrected chi connectivity index (χ0v) is 14.5. The normalized spacial score (nSPS) is 12.9. The predicted octanol–water partition coefficient (Wildman–Crippen LogP) is 2.80. The lowest BCUT2D eigenvalue weighted by atomic mass is 10.1. The number of imide groups is 1. The van der Waals surface area contributed by atoms with Crippen molar-refractivity contribution in [3.05, 3.63) is 17.8 Å². The van der Waals surface area contributed by atoms with Crippen LogP contribution < -0.4 is 10.6 Å². The van der Waals surface area contributed by atoms with Crippen LogP contribution in [0.3, 0.4) is 0 Å². The van der Waals surface area contributed by atoms with Crippen molar-refractivity contribution >= 4 is 45.3 Å². The van der Waals surface area contributed by atoms with Gasteiger partial charge in [-0.3, -0.25) is 10.1 Å². The first kappa shape index (κ1) is 16.7. The van der Waals surface area contributed by atoms with E-state index in [9.17, 15) is 9.59 Å². The predicted molar refractivity (Wildman–Crippen MR) is 89.2 cm³/mol. The smallest absolute Gasteiger partial charge is 0.321 e. The lowest BCUT2D eigenvalue weighted by molar-refractivity contribution is -0.119. The van der Waals surface area contributed by atoms with Gasteiger partial charge in [0.2, 0.25) is 5.91 Å². The Morgan fingerprint density at radius 2 is 2.05 bits per heavy atom. The molecule has 0 aliphatic carbocycles. The largest absolute Gasteiger partial charge is 0.333 e. The molecule has 0 saturated heterocycles. The highest BCUT2D eigenvalue weighted by molar-refractivity contribution is 8.00. The summed E-state index contributed by atoms with van der Waals surface area (Å²) in [5.41, 5.74) is 0.469. The summed E-state index contributed by atoms with van der Waals surface area (Å²) in [6.07, 6.45) is 1.48. The van der Waals surface area contributed by atoms with Gasteiger partial charge in [-0.15, -0.1) is 11.3 Å². The molecule has 0 fully saturated rings. The second-order valence-corrected chi connectivity index (χ2v) is 8.01. The molecule has 1 atom stereocenters. The van der Waals surface area contributed by atoms with Crippen molar-refractivity contribution in [3.63, 3.8) is 0 Å². The first-order valence-corrected chi connectivity index (χ1v) is 8.50. The fourth-order valence-corrected chi connectivity index (χ4v) is 3.49. The van der Waals surface area contributed by atoms with Crippen LogP contribution in [-0.4, -0.2) is 32.7 Å². The number of fused-ring (bicyclic) bond motifs is 1. The molecule has 22 heavy (non-hydrogen) atoms. The molecule has 2 rings (SSSR count). The van der Waals surface area contributed by atoms with Gasteiger partial charge in [0.25, 0.3) is 0 Å². The summed E-state index contributed by atoms with van der Waals surface area (Å²) in [5.74, 6) is -0.352. The first-order valence-electron chi connectivity index (χ1n) is 6.74. The number of hydrogen-bond donors (Lipinski definition) is 2.